The summed E-state index contributed by atoms with van der Waals surface area (Å²) in [6, 6.07) is 23.7. The maximum atomic E-state index is 13.1. The maximum absolute atomic E-state index is 13.1. The zero-order chi connectivity index (χ0) is 26.9. The molecule has 1 fully saturated rings. The van der Waals surface area contributed by atoms with Crippen LogP contribution >= 0.6 is 0 Å². The number of ether oxygens (including phenoxy) is 3. The van der Waals surface area contributed by atoms with Crippen LogP contribution in [0.25, 0.3) is 0 Å². The van der Waals surface area contributed by atoms with E-state index in [2.05, 4.69) is 10.6 Å². The zero-order valence-corrected chi connectivity index (χ0v) is 20.7. The van der Waals surface area contributed by atoms with E-state index in [0.29, 0.717) is 16.7 Å². The fourth-order valence-electron chi connectivity index (χ4n) is 4.17. The van der Waals surface area contributed by atoms with Crippen molar-refractivity contribution in [1.82, 2.24) is 10.6 Å². The van der Waals surface area contributed by atoms with Crippen molar-refractivity contribution >= 4 is 23.8 Å². The predicted octanol–water partition coefficient (Wildman–Crippen LogP) is 2.77. The highest BCUT2D eigenvalue weighted by molar-refractivity contribution is 5.91. The summed E-state index contributed by atoms with van der Waals surface area (Å²) in [7, 11) is 0. The Morgan fingerprint density at radius 2 is 1.16 bits per heavy atom. The van der Waals surface area contributed by atoms with Crippen molar-refractivity contribution in [3.05, 3.63) is 108 Å². The first kappa shape index (κ1) is 26.6. The third kappa shape index (κ3) is 6.83. The largest absolute Gasteiger partial charge is 0.460 e. The van der Waals surface area contributed by atoms with Crippen molar-refractivity contribution in [2.75, 3.05) is 13.2 Å². The fraction of sp³-hybridized carbons (Fsp3) is 0.241. The number of esters is 3. The van der Waals surface area contributed by atoms with Crippen LogP contribution in [0.15, 0.2) is 91.0 Å². The lowest BCUT2D eigenvalue weighted by atomic mass is 9.93. The first-order chi connectivity index (χ1) is 18.4. The number of carbonyl (C=O) groups excluding carboxylic acids is 4. The molecule has 1 aliphatic heterocycles. The Balaban J connectivity index is 1.60. The topological polar surface area (TPSA) is 120 Å². The van der Waals surface area contributed by atoms with Gasteiger partial charge >= 0.3 is 17.9 Å². The quantitative estimate of drug-likeness (QED) is 0.347. The molecular formula is C29H28N2O7. The van der Waals surface area contributed by atoms with E-state index in [4.69, 9.17) is 14.2 Å². The summed E-state index contributed by atoms with van der Waals surface area (Å²) in [6.45, 7) is 1.35. The number of hydrogen-bond acceptors (Lipinski definition) is 8. The average molecular weight is 517 g/mol. The van der Waals surface area contributed by atoms with Crippen LogP contribution in [0.3, 0.4) is 0 Å². The van der Waals surface area contributed by atoms with Gasteiger partial charge in [-0.1, -0.05) is 54.6 Å². The second-order valence-corrected chi connectivity index (χ2v) is 8.76. The van der Waals surface area contributed by atoms with Gasteiger partial charge < -0.3 is 24.8 Å². The second-order valence-electron chi connectivity index (χ2n) is 8.76. The fourth-order valence-corrected chi connectivity index (χ4v) is 4.17. The predicted molar refractivity (Wildman–Crippen MR) is 137 cm³/mol. The highest BCUT2D eigenvalue weighted by Gasteiger charge is 2.45. The summed E-state index contributed by atoms with van der Waals surface area (Å²) in [5.74, 6) is -2.20. The molecule has 38 heavy (non-hydrogen) atoms. The Morgan fingerprint density at radius 1 is 0.711 bits per heavy atom. The van der Waals surface area contributed by atoms with Crippen LogP contribution in [0.4, 0.5) is 0 Å². The Hall–Kier alpha value is -4.50. The Labute approximate surface area is 220 Å². The van der Waals surface area contributed by atoms with Crippen molar-refractivity contribution in [1.29, 1.82) is 0 Å². The van der Waals surface area contributed by atoms with E-state index in [1.54, 1.807) is 91.0 Å². The van der Waals surface area contributed by atoms with Crippen LogP contribution in [0.1, 0.15) is 38.0 Å². The minimum atomic E-state index is -1.09. The minimum Gasteiger partial charge on any atom is -0.460 e. The molecule has 0 radical (unpaired) electrons. The second kappa shape index (κ2) is 12.6. The number of hydrogen-bond donors (Lipinski definition) is 2. The van der Waals surface area contributed by atoms with Gasteiger partial charge in [-0.3, -0.25) is 4.79 Å². The molecule has 1 heterocycles. The summed E-state index contributed by atoms with van der Waals surface area (Å²) >= 11 is 0. The average Bonchev–Trinajstić information content (AvgIpc) is 2.95. The first-order valence-corrected chi connectivity index (χ1v) is 12.2. The number of nitrogens with one attached hydrogen (secondary N) is 2. The van der Waals surface area contributed by atoms with Gasteiger partial charge in [0, 0.05) is 13.5 Å². The lowest BCUT2D eigenvalue weighted by Gasteiger charge is -2.42. The Morgan fingerprint density at radius 3 is 1.63 bits per heavy atom. The third-order valence-corrected chi connectivity index (χ3v) is 6.01. The molecule has 1 amide bonds. The molecule has 3 unspecified atom stereocenters. The number of carbonyl (C=O) groups is 4. The number of amides is 1. The summed E-state index contributed by atoms with van der Waals surface area (Å²) < 4.78 is 17.2. The smallest absolute Gasteiger partial charge is 0.338 e. The van der Waals surface area contributed by atoms with Gasteiger partial charge in [-0.2, -0.15) is 0 Å². The van der Waals surface area contributed by atoms with E-state index in [0.717, 1.165) is 0 Å². The lowest BCUT2D eigenvalue weighted by Crippen LogP contribution is -2.67. The van der Waals surface area contributed by atoms with E-state index < -0.39 is 42.2 Å². The zero-order valence-electron chi connectivity index (χ0n) is 20.7. The summed E-state index contributed by atoms with van der Waals surface area (Å²) in [6.07, 6.45) is -2.16. The molecule has 0 saturated carbocycles. The molecule has 3 aromatic carbocycles. The van der Waals surface area contributed by atoms with Crippen molar-refractivity contribution in [3.8, 4) is 0 Å². The SMILES string of the molecule is CC(=O)NC1CNC(COC(=O)c2ccccc2)[C@H](OC(=O)c2ccccc2)C1OC(=O)c1ccccc1. The number of piperidine rings is 1. The molecular weight excluding hydrogens is 488 g/mol. The minimum absolute atomic E-state index is 0.174. The summed E-state index contributed by atoms with van der Waals surface area (Å²) in [5.41, 5.74) is 0.958. The Kier molecular flexibility index (Phi) is 8.84. The van der Waals surface area contributed by atoms with Gasteiger partial charge in [0.2, 0.25) is 5.91 Å². The summed E-state index contributed by atoms with van der Waals surface area (Å²) in [5, 5.41) is 5.94. The molecule has 0 aromatic heterocycles. The van der Waals surface area contributed by atoms with Crippen molar-refractivity contribution in [3.63, 3.8) is 0 Å². The molecule has 4 rings (SSSR count). The monoisotopic (exact) mass is 516 g/mol. The van der Waals surface area contributed by atoms with Gasteiger partial charge in [-0.05, 0) is 36.4 Å². The van der Waals surface area contributed by atoms with Crippen LogP contribution in [0.5, 0.6) is 0 Å². The van der Waals surface area contributed by atoms with Crippen molar-refractivity contribution in [2.24, 2.45) is 0 Å². The van der Waals surface area contributed by atoms with Gasteiger partial charge in [0.1, 0.15) is 6.61 Å². The van der Waals surface area contributed by atoms with Crippen LogP contribution in [0, 0.1) is 0 Å². The van der Waals surface area contributed by atoms with Gasteiger partial charge in [0.25, 0.3) is 0 Å². The standard InChI is InChI=1S/C29H28N2O7/c1-19(32)31-23-17-30-24(18-36-27(33)20-11-5-2-6-12-20)26(38-29(35)22-15-9-4-10-16-22)25(23)37-28(34)21-13-7-3-8-14-21/h2-16,23-26,30H,17-18H2,1H3,(H,31,32)/t23?,24?,25?,26-/m0/s1. The molecule has 3 aromatic rings. The molecule has 0 aliphatic carbocycles. The molecule has 9 heteroatoms. The molecule has 196 valence electrons. The lowest BCUT2D eigenvalue weighted by molar-refractivity contribution is -0.123. The van der Waals surface area contributed by atoms with E-state index in [9.17, 15) is 19.2 Å². The van der Waals surface area contributed by atoms with E-state index in [1.165, 1.54) is 6.92 Å². The molecule has 4 atom stereocenters. The molecule has 9 nitrogen and oxygen atoms in total. The molecule has 0 spiro atoms. The van der Waals surface area contributed by atoms with Crippen LogP contribution < -0.4 is 10.6 Å². The maximum Gasteiger partial charge on any atom is 0.338 e. The molecule has 1 aliphatic rings. The number of benzene rings is 3. The van der Waals surface area contributed by atoms with Crippen molar-refractivity contribution in [2.45, 2.75) is 31.2 Å². The van der Waals surface area contributed by atoms with Gasteiger partial charge in [-0.25, -0.2) is 14.4 Å². The van der Waals surface area contributed by atoms with Gasteiger partial charge in [0.05, 0.1) is 28.8 Å². The van der Waals surface area contributed by atoms with Crippen LogP contribution in [-0.4, -0.2) is 61.3 Å². The molecule has 1 saturated heterocycles. The molecule has 2 N–H and O–H groups in total. The Bertz CT molecular complexity index is 1250. The van der Waals surface area contributed by atoms with E-state index in [-0.39, 0.29) is 19.1 Å². The van der Waals surface area contributed by atoms with Crippen LogP contribution in [-0.2, 0) is 19.0 Å². The highest BCUT2D eigenvalue weighted by Crippen LogP contribution is 2.22. The van der Waals surface area contributed by atoms with E-state index in [1.807, 2.05) is 0 Å². The van der Waals surface area contributed by atoms with Gasteiger partial charge in [0.15, 0.2) is 12.2 Å². The highest BCUT2D eigenvalue weighted by atomic mass is 16.6. The normalized spacial score (nSPS) is 20.6. The molecule has 0 bridgehead atoms. The van der Waals surface area contributed by atoms with Crippen LogP contribution in [0.2, 0.25) is 0 Å². The summed E-state index contributed by atoms with van der Waals surface area (Å²) in [4.78, 5) is 50.6. The first-order valence-electron chi connectivity index (χ1n) is 12.2. The van der Waals surface area contributed by atoms with Gasteiger partial charge in [-0.15, -0.1) is 0 Å². The number of rotatable bonds is 8. The van der Waals surface area contributed by atoms with Crippen molar-refractivity contribution < 1.29 is 33.4 Å². The van der Waals surface area contributed by atoms with E-state index >= 15 is 0 Å². The third-order valence-electron chi connectivity index (χ3n) is 6.01.